The maximum absolute atomic E-state index is 13.2. The van der Waals surface area contributed by atoms with Gasteiger partial charge in [-0.05, 0) is 37.3 Å². The Bertz CT molecular complexity index is 1150. The van der Waals surface area contributed by atoms with Crippen LogP contribution in [0.2, 0.25) is 5.02 Å². The summed E-state index contributed by atoms with van der Waals surface area (Å²) >= 11 is 5.92. The molecular weight excluding hydrogens is 487 g/mol. The molecule has 0 N–H and O–H groups in total. The maximum Gasteiger partial charge on any atom is 0.425 e. The van der Waals surface area contributed by atoms with Gasteiger partial charge in [0.2, 0.25) is 0 Å². The Morgan fingerprint density at radius 2 is 1.88 bits per heavy atom. The van der Waals surface area contributed by atoms with Gasteiger partial charge in [-0.2, -0.15) is 13.2 Å². The SMILES string of the molecule is COc1c(S(C)(=O)=O)ccc(O[C@@H](C)C(F)(F)F)c1C(=O)N1CC(Oc2cccc(Cl)c2)C1. The van der Waals surface area contributed by atoms with Crippen LogP contribution < -0.4 is 14.2 Å². The number of hydrogen-bond acceptors (Lipinski definition) is 6. The van der Waals surface area contributed by atoms with Gasteiger partial charge in [-0.25, -0.2) is 8.42 Å². The van der Waals surface area contributed by atoms with Crippen LogP contribution in [-0.4, -0.2) is 64.1 Å². The van der Waals surface area contributed by atoms with E-state index in [2.05, 4.69) is 0 Å². The molecule has 180 valence electrons. The summed E-state index contributed by atoms with van der Waals surface area (Å²) in [4.78, 5) is 14.2. The second-order valence-electron chi connectivity index (χ2n) is 7.45. The Hall–Kier alpha value is -2.66. The molecule has 1 saturated heterocycles. The number of sulfone groups is 1. The van der Waals surface area contributed by atoms with Crippen LogP contribution in [0.15, 0.2) is 41.3 Å². The van der Waals surface area contributed by atoms with E-state index in [1.54, 1.807) is 24.3 Å². The number of ether oxygens (including phenoxy) is 3. The molecule has 2 aromatic rings. The summed E-state index contributed by atoms with van der Waals surface area (Å²) in [6, 6.07) is 8.75. The van der Waals surface area contributed by atoms with E-state index >= 15 is 0 Å². The minimum atomic E-state index is -4.70. The second kappa shape index (κ2) is 9.30. The van der Waals surface area contributed by atoms with Gasteiger partial charge in [-0.3, -0.25) is 4.79 Å². The summed E-state index contributed by atoms with van der Waals surface area (Å²) in [6.45, 7) is 1.02. The molecule has 0 radical (unpaired) electrons. The molecule has 1 fully saturated rings. The fraction of sp³-hybridized carbons (Fsp3) is 0.381. The first-order chi connectivity index (χ1) is 15.3. The van der Waals surface area contributed by atoms with Crippen molar-refractivity contribution >= 4 is 27.3 Å². The maximum atomic E-state index is 13.2. The molecule has 0 unspecified atom stereocenters. The Morgan fingerprint density at radius 3 is 2.42 bits per heavy atom. The largest absolute Gasteiger partial charge is 0.494 e. The van der Waals surface area contributed by atoms with Gasteiger partial charge in [0.25, 0.3) is 5.91 Å². The predicted octanol–water partition coefficient (Wildman–Crippen LogP) is 3.99. The quantitative estimate of drug-likeness (QED) is 0.564. The highest BCUT2D eigenvalue weighted by atomic mass is 35.5. The van der Waals surface area contributed by atoms with E-state index in [9.17, 15) is 26.4 Å². The number of carbonyl (C=O) groups is 1. The van der Waals surface area contributed by atoms with Crippen LogP contribution in [0, 0.1) is 0 Å². The van der Waals surface area contributed by atoms with Crippen molar-refractivity contribution in [3.05, 3.63) is 47.0 Å². The van der Waals surface area contributed by atoms with Crippen LogP contribution >= 0.6 is 11.6 Å². The van der Waals surface area contributed by atoms with E-state index in [0.717, 1.165) is 32.4 Å². The molecule has 1 atom stereocenters. The van der Waals surface area contributed by atoms with Gasteiger partial charge < -0.3 is 19.1 Å². The first-order valence-corrected chi connectivity index (χ1v) is 11.9. The average Bonchev–Trinajstić information content (AvgIpc) is 2.67. The van der Waals surface area contributed by atoms with Gasteiger partial charge in [0.05, 0.1) is 20.2 Å². The number of rotatable bonds is 7. The molecular formula is C21H21ClF3NO6S. The van der Waals surface area contributed by atoms with Crippen molar-refractivity contribution in [3.63, 3.8) is 0 Å². The molecule has 1 amide bonds. The van der Waals surface area contributed by atoms with Gasteiger partial charge in [0.15, 0.2) is 21.7 Å². The smallest absolute Gasteiger partial charge is 0.425 e. The van der Waals surface area contributed by atoms with Crippen molar-refractivity contribution in [2.75, 3.05) is 26.5 Å². The third-order valence-electron chi connectivity index (χ3n) is 4.90. The van der Waals surface area contributed by atoms with E-state index < -0.39 is 39.3 Å². The minimum Gasteiger partial charge on any atom is -0.494 e. The fourth-order valence-electron chi connectivity index (χ4n) is 3.17. The molecule has 0 aromatic heterocycles. The van der Waals surface area contributed by atoms with E-state index in [1.807, 2.05) is 0 Å². The summed E-state index contributed by atoms with van der Waals surface area (Å²) in [5.41, 5.74) is -0.405. The number of carbonyl (C=O) groups excluding carboxylic acids is 1. The van der Waals surface area contributed by atoms with Crippen LogP contribution in [0.4, 0.5) is 13.2 Å². The lowest BCUT2D eigenvalue weighted by Crippen LogP contribution is -2.56. The monoisotopic (exact) mass is 507 g/mol. The number of benzene rings is 2. The zero-order valence-electron chi connectivity index (χ0n) is 17.8. The fourth-order valence-corrected chi connectivity index (χ4v) is 4.19. The molecule has 7 nitrogen and oxygen atoms in total. The summed E-state index contributed by atoms with van der Waals surface area (Å²) < 4.78 is 79.4. The number of amides is 1. The predicted molar refractivity (Wildman–Crippen MR) is 114 cm³/mol. The van der Waals surface area contributed by atoms with Gasteiger partial charge >= 0.3 is 6.18 Å². The average molecular weight is 508 g/mol. The molecule has 33 heavy (non-hydrogen) atoms. The van der Waals surface area contributed by atoms with Crippen molar-refractivity contribution in [2.45, 2.75) is 30.2 Å². The minimum absolute atomic E-state index is 0.117. The van der Waals surface area contributed by atoms with Crippen molar-refractivity contribution in [1.29, 1.82) is 0 Å². The van der Waals surface area contributed by atoms with Crippen molar-refractivity contribution in [3.8, 4) is 17.2 Å². The summed E-state index contributed by atoms with van der Waals surface area (Å²) in [7, 11) is -2.73. The molecule has 1 aliphatic rings. The molecule has 1 heterocycles. The number of methoxy groups -OCH3 is 1. The van der Waals surface area contributed by atoms with Crippen molar-refractivity contribution in [1.82, 2.24) is 4.90 Å². The lowest BCUT2D eigenvalue weighted by Gasteiger charge is -2.39. The molecule has 0 saturated carbocycles. The summed E-state index contributed by atoms with van der Waals surface area (Å²) in [5.74, 6) is -1.06. The van der Waals surface area contributed by atoms with Crippen LogP contribution in [0.3, 0.4) is 0 Å². The van der Waals surface area contributed by atoms with E-state index in [-0.39, 0.29) is 29.8 Å². The van der Waals surface area contributed by atoms with Gasteiger partial charge in [-0.15, -0.1) is 0 Å². The lowest BCUT2D eigenvalue weighted by molar-refractivity contribution is -0.189. The molecule has 1 aliphatic heterocycles. The van der Waals surface area contributed by atoms with Crippen molar-refractivity contribution in [2.24, 2.45) is 0 Å². The van der Waals surface area contributed by atoms with Crippen LogP contribution in [0.25, 0.3) is 0 Å². The zero-order chi connectivity index (χ0) is 24.6. The molecule has 0 bridgehead atoms. The van der Waals surface area contributed by atoms with Crippen molar-refractivity contribution < 1.29 is 40.6 Å². The molecule has 0 aliphatic carbocycles. The van der Waals surface area contributed by atoms with E-state index in [4.69, 9.17) is 25.8 Å². The van der Waals surface area contributed by atoms with E-state index in [0.29, 0.717) is 10.8 Å². The zero-order valence-corrected chi connectivity index (χ0v) is 19.4. The van der Waals surface area contributed by atoms with E-state index in [1.165, 1.54) is 4.90 Å². The van der Waals surface area contributed by atoms with Crippen LogP contribution in [0.5, 0.6) is 17.2 Å². The third kappa shape index (κ3) is 5.64. The number of hydrogen-bond donors (Lipinski definition) is 0. The standard InChI is InChI=1S/C21H21ClF3NO6S/c1-12(21(23,24)25)31-16-7-8-17(33(3,28)29)19(30-2)18(16)20(27)26-10-15(11-26)32-14-6-4-5-13(22)9-14/h4-9,12,15H,10-11H2,1-3H3/t12-/m0/s1. The second-order valence-corrected chi connectivity index (χ2v) is 9.87. The van der Waals surface area contributed by atoms with Gasteiger partial charge in [0, 0.05) is 11.3 Å². The Balaban J connectivity index is 1.90. The molecule has 0 spiro atoms. The van der Waals surface area contributed by atoms with Crippen LogP contribution in [-0.2, 0) is 9.84 Å². The molecule has 12 heteroatoms. The highest BCUT2D eigenvalue weighted by Gasteiger charge is 2.41. The summed E-state index contributed by atoms with van der Waals surface area (Å²) in [5, 5.41) is 0.475. The third-order valence-corrected chi connectivity index (χ3v) is 6.26. The first-order valence-electron chi connectivity index (χ1n) is 9.67. The normalized spacial score (nSPS) is 15.5. The number of likely N-dealkylation sites (tertiary alicyclic amines) is 1. The lowest BCUT2D eigenvalue weighted by atomic mass is 10.1. The topological polar surface area (TPSA) is 82.1 Å². The Morgan fingerprint density at radius 1 is 1.21 bits per heavy atom. The number of alkyl halides is 3. The Kier molecular flexibility index (Phi) is 7.04. The van der Waals surface area contributed by atoms with Gasteiger partial charge in [-0.1, -0.05) is 17.7 Å². The number of halogens is 4. The first kappa shape index (κ1) is 25.0. The Labute approximate surface area is 193 Å². The highest BCUT2D eigenvalue weighted by molar-refractivity contribution is 7.90. The van der Waals surface area contributed by atoms with Gasteiger partial charge in [0.1, 0.15) is 28.1 Å². The summed E-state index contributed by atoms with van der Waals surface area (Å²) in [6.07, 6.45) is -6.42. The number of nitrogens with zero attached hydrogens (tertiary/aromatic N) is 1. The molecule has 2 aromatic carbocycles. The molecule has 3 rings (SSSR count). The highest BCUT2D eigenvalue weighted by Crippen LogP contribution is 2.38. The van der Waals surface area contributed by atoms with Crippen LogP contribution in [0.1, 0.15) is 17.3 Å².